The number of hydrogen-bond acceptors (Lipinski definition) is 5. The topological polar surface area (TPSA) is 45.7 Å². The molecular formula is C19H24ClN3O2S. The van der Waals surface area contributed by atoms with Gasteiger partial charge < -0.3 is 9.64 Å². The lowest BCUT2D eigenvalue weighted by Crippen LogP contribution is -2.31. The van der Waals surface area contributed by atoms with Crippen molar-refractivity contribution in [2.45, 2.75) is 30.1 Å². The Kier molecular flexibility index (Phi) is 7.75. The van der Waals surface area contributed by atoms with E-state index in [1.807, 2.05) is 36.4 Å². The number of ether oxygens (including phenoxy) is 1. The number of anilines is 2. The van der Waals surface area contributed by atoms with Crippen LogP contribution in [-0.2, 0) is 4.74 Å². The minimum Gasteiger partial charge on any atom is -0.449 e. The molecule has 0 spiro atoms. The molecule has 0 unspecified atom stereocenters. The molecule has 0 saturated heterocycles. The van der Waals surface area contributed by atoms with Gasteiger partial charge in [-0.3, -0.25) is 0 Å². The van der Waals surface area contributed by atoms with E-state index in [-0.39, 0.29) is 18.5 Å². The normalized spacial score (nSPS) is 12.2. The zero-order valence-electron chi connectivity index (χ0n) is 15.1. The highest BCUT2D eigenvalue weighted by molar-refractivity contribution is 7.99. The number of carbonyl (C=O) groups excluding carboxylic acids is 1. The van der Waals surface area contributed by atoms with E-state index < -0.39 is 0 Å². The maximum Gasteiger partial charge on any atom is 0.420 e. The van der Waals surface area contributed by atoms with E-state index in [0.29, 0.717) is 12.4 Å². The fourth-order valence-corrected chi connectivity index (χ4v) is 3.86. The van der Waals surface area contributed by atoms with Crippen LogP contribution in [0.1, 0.15) is 20.3 Å². The highest BCUT2D eigenvalue weighted by atomic mass is 35.5. The second-order valence-electron chi connectivity index (χ2n) is 5.73. The number of amides is 1. The van der Waals surface area contributed by atoms with Gasteiger partial charge in [-0.15, -0.1) is 12.4 Å². The fourth-order valence-electron chi connectivity index (χ4n) is 2.83. The molecule has 1 aliphatic heterocycles. The van der Waals surface area contributed by atoms with E-state index in [9.17, 15) is 4.79 Å². The van der Waals surface area contributed by atoms with Crippen molar-refractivity contribution >= 4 is 41.8 Å². The summed E-state index contributed by atoms with van der Waals surface area (Å²) in [5.41, 5.74) is 0.826. The average molecular weight is 394 g/mol. The maximum atomic E-state index is 12.7. The Morgan fingerprint density at radius 3 is 2.65 bits per heavy atom. The van der Waals surface area contributed by atoms with Crippen LogP contribution in [0.15, 0.2) is 52.4 Å². The van der Waals surface area contributed by atoms with E-state index >= 15 is 0 Å². The third kappa shape index (κ3) is 4.50. The van der Waals surface area contributed by atoms with Crippen LogP contribution in [0.4, 0.5) is 16.3 Å². The van der Waals surface area contributed by atoms with Gasteiger partial charge >= 0.3 is 6.09 Å². The van der Waals surface area contributed by atoms with Gasteiger partial charge in [-0.1, -0.05) is 37.7 Å². The van der Waals surface area contributed by atoms with Gasteiger partial charge in [0, 0.05) is 17.6 Å². The number of benzene rings is 1. The number of pyridine rings is 1. The van der Waals surface area contributed by atoms with Crippen LogP contribution in [-0.4, -0.2) is 42.2 Å². The summed E-state index contributed by atoms with van der Waals surface area (Å²) in [5.74, 6) is 0.639. The van der Waals surface area contributed by atoms with Crippen LogP contribution in [0.2, 0.25) is 0 Å². The smallest absolute Gasteiger partial charge is 0.420 e. The molecule has 26 heavy (non-hydrogen) atoms. The van der Waals surface area contributed by atoms with Gasteiger partial charge in [0.05, 0.1) is 17.2 Å². The molecule has 1 aliphatic rings. The maximum absolute atomic E-state index is 12.7. The summed E-state index contributed by atoms with van der Waals surface area (Å²) in [7, 11) is 0. The summed E-state index contributed by atoms with van der Waals surface area (Å²) in [6.45, 7) is 7.64. The average Bonchev–Trinajstić information content (AvgIpc) is 2.66. The number of rotatable bonds is 6. The third-order valence-electron chi connectivity index (χ3n) is 4.21. The lowest BCUT2D eigenvalue weighted by atomic mass is 10.2. The lowest BCUT2D eigenvalue weighted by molar-refractivity contribution is 0.148. The minimum atomic E-state index is -0.368. The third-order valence-corrected chi connectivity index (χ3v) is 5.31. The summed E-state index contributed by atoms with van der Waals surface area (Å²) in [4.78, 5) is 23.0. The Hall–Kier alpha value is -1.76. The van der Waals surface area contributed by atoms with Crippen molar-refractivity contribution in [2.75, 3.05) is 31.1 Å². The molecule has 1 amide bonds. The minimum absolute atomic E-state index is 0. The number of para-hydroxylation sites is 1. The van der Waals surface area contributed by atoms with Crippen LogP contribution in [0, 0.1) is 0 Å². The standard InChI is InChI=1S/C19H23N3O2S.ClH/c1-3-21(4-2)13-8-14-24-19(23)22-15-9-5-6-10-16(15)25-17-11-7-12-20-18(17)22;/h5-7,9-12H,3-4,8,13-14H2,1-2H3;1H. The molecule has 0 atom stereocenters. The molecular weight excluding hydrogens is 370 g/mol. The van der Waals surface area contributed by atoms with Crippen LogP contribution in [0.3, 0.4) is 0 Å². The first-order valence-corrected chi connectivity index (χ1v) is 9.47. The predicted octanol–water partition coefficient (Wildman–Crippen LogP) is 4.97. The van der Waals surface area contributed by atoms with Crippen molar-refractivity contribution in [3.63, 3.8) is 0 Å². The zero-order chi connectivity index (χ0) is 17.6. The Labute approximate surface area is 165 Å². The summed E-state index contributed by atoms with van der Waals surface area (Å²) in [6, 6.07) is 11.7. The van der Waals surface area contributed by atoms with Gasteiger partial charge in [0.25, 0.3) is 0 Å². The van der Waals surface area contributed by atoms with Crippen molar-refractivity contribution in [1.29, 1.82) is 0 Å². The van der Waals surface area contributed by atoms with Gasteiger partial charge in [-0.2, -0.15) is 0 Å². The van der Waals surface area contributed by atoms with Gasteiger partial charge in [0.2, 0.25) is 0 Å². The summed E-state index contributed by atoms with van der Waals surface area (Å²) >= 11 is 1.62. The number of aromatic nitrogens is 1. The van der Waals surface area contributed by atoms with Crippen LogP contribution < -0.4 is 4.90 Å². The van der Waals surface area contributed by atoms with E-state index in [1.54, 1.807) is 22.9 Å². The molecule has 0 N–H and O–H groups in total. The van der Waals surface area contributed by atoms with Crippen molar-refractivity contribution in [3.05, 3.63) is 42.6 Å². The summed E-state index contributed by atoms with van der Waals surface area (Å²) < 4.78 is 5.55. The Morgan fingerprint density at radius 1 is 1.15 bits per heavy atom. The van der Waals surface area contributed by atoms with E-state index in [2.05, 4.69) is 23.7 Å². The largest absolute Gasteiger partial charge is 0.449 e. The SMILES string of the molecule is CCN(CC)CCCOC(=O)N1c2ccccc2Sc2cccnc21.Cl. The highest BCUT2D eigenvalue weighted by Gasteiger charge is 2.30. The number of hydrogen-bond donors (Lipinski definition) is 0. The van der Waals surface area contributed by atoms with Crippen LogP contribution >= 0.6 is 24.2 Å². The monoisotopic (exact) mass is 393 g/mol. The lowest BCUT2D eigenvalue weighted by Gasteiger charge is -2.29. The van der Waals surface area contributed by atoms with E-state index in [4.69, 9.17) is 4.74 Å². The second kappa shape index (κ2) is 9.80. The van der Waals surface area contributed by atoms with Crippen molar-refractivity contribution in [3.8, 4) is 0 Å². The fraction of sp³-hybridized carbons (Fsp3) is 0.368. The molecule has 1 aromatic heterocycles. The molecule has 2 heterocycles. The van der Waals surface area contributed by atoms with Gasteiger partial charge in [-0.25, -0.2) is 14.7 Å². The number of fused-ring (bicyclic) bond motifs is 2. The molecule has 1 aromatic carbocycles. The first-order chi connectivity index (χ1) is 12.2. The summed E-state index contributed by atoms with van der Waals surface area (Å²) in [6.07, 6.45) is 2.16. The molecule has 3 rings (SSSR count). The number of carbonyl (C=O) groups is 1. The first kappa shape index (κ1) is 20.6. The Bertz CT molecular complexity index is 695. The van der Waals surface area contributed by atoms with Gasteiger partial charge in [-0.05, 0) is 43.8 Å². The molecule has 0 bridgehead atoms. The number of halogens is 1. The first-order valence-electron chi connectivity index (χ1n) is 8.65. The molecule has 7 heteroatoms. The number of nitrogens with zero attached hydrogens (tertiary/aromatic N) is 3. The zero-order valence-corrected chi connectivity index (χ0v) is 16.7. The second-order valence-corrected chi connectivity index (χ2v) is 6.81. The van der Waals surface area contributed by atoms with Crippen LogP contribution in [0.5, 0.6) is 0 Å². The van der Waals surface area contributed by atoms with Crippen molar-refractivity contribution in [2.24, 2.45) is 0 Å². The molecule has 0 saturated carbocycles. The van der Waals surface area contributed by atoms with Crippen LogP contribution in [0.25, 0.3) is 0 Å². The van der Waals surface area contributed by atoms with Crippen molar-refractivity contribution in [1.82, 2.24) is 9.88 Å². The Morgan fingerprint density at radius 2 is 1.88 bits per heavy atom. The molecule has 5 nitrogen and oxygen atoms in total. The predicted molar refractivity (Wildman–Crippen MR) is 108 cm³/mol. The molecule has 0 radical (unpaired) electrons. The Balaban J connectivity index is 0.00000243. The molecule has 0 fully saturated rings. The molecule has 0 aliphatic carbocycles. The van der Waals surface area contributed by atoms with Crippen molar-refractivity contribution < 1.29 is 9.53 Å². The highest BCUT2D eigenvalue weighted by Crippen LogP contribution is 2.46. The van der Waals surface area contributed by atoms with Gasteiger partial charge in [0.1, 0.15) is 0 Å². The van der Waals surface area contributed by atoms with Gasteiger partial charge in [0.15, 0.2) is 5.82 Å². The molecule has 2 aromatic rings. The molecule has 140 valence electrons. The van der Waals surface area contributed by atoms with E-state index in [1.165, 1.54) is 0 Å². The summed E-state index contributed by atoms with van der Waals surface area (Å²) in [5, 5.41) is 0. The quantitative estimate of drug-likeness (QED) is 0.648. The van der Waals surface area contributed by atoms with E-state index in [0.717, 1.165) is 41.5 Å².